The van der Waals surface area contributed by atoms with Crippen LogP contribution in [-0.2, 0) is 5.75 Å². The Morgan fingerprint density at radius 3 is 3.05 bits per heavy atom. The summed E-state index contributed by atoms with van der Waals surface area (Å²) in [6, 6.07) is 9.88. The van der Waals surface area contributed by atoms with Gasteiger partial charge < -0.3 is 4.42 Å². The number of amides is 1. The number of nitrogens with two attached hydrogens (primary N) is 1. The molecule has 2 heterocycles. The Bertz CT molecular complexity index is 761. The van der Waals surface area contributed by atoms with Crippen molar-refractivity contribution >= 4 is 39.2 Å². The molecule has 0 aliphatic carbocycles. The van der Waals surface area contributed by atoms with Gasteiger partial charge in [-0.15, -0.1) is 11.3 Å². The molecular weight excluding hydrogens is 306 g/mol. The minimum Gasteiger partial charge on any atom is -0.455 e. The topological polar surface area (TPSA) is 81.2 Å². The molecule has 0 saturated carbocycles. The summed E-state index contributed by atoms with van der Waals surface area (Å²) < 4.78 is 7.67. The molecule has 1 aromatic carbocycles. The van der Waals surface area contributed by atoms with Crippen molar-refractivity contribution in [3.8, 4) is 0 Å². The number of hydrogen-bond donors (Lipinski definition) is 2. The minimum atomic E-state index is -0.413. The third kappa shape index (κ3) is 2.94. The predicted octanol–water partition coefficient (Wildman–Crippen LogP) is 3.09. The van der Waals surface area contributed by atoms with Crippen molar-refractivity contribution in [1.82, 2.24) is 10.4 Å². The number of aryl methyl sites for hydroxylation is 1. The fraction of sp³-hybridized carbons (Fsp3) is 0.143. The van der Waals surface area contributed by atoms with Gasteiger partial charge in [-0.3, -0.25) is 10.2 Å². The van der Waals surface area contributed by atoms with Crippen molar-refractivity contribution in [1.29, 1.82) is 0 Å². The Hall–Kier alpha value is -1.83. The third-order valence-corrected chi connectivity index (χ3v) is 5.12. The van der Waals surface area contributed by atoms with Crippen LogP contribution in [0.2, 0.25) is 0 Å². The van der Waals surface area contributed by atoms with Crippen LogP contribution in [0.4, 0.5) is 0 Å². The van der Waals surface area contributed by atoms with E-state index >= 15 is 0 Å². The molecule has 0 aliphatic heterocycles. The van der Waals surface area contributed by atoms with Crippen molar-refractivity contribution in [2.45, 2.75) is 17.0 Å². The molecule has 0 aliphatic rings. The van der Waals surface area contributed by atoms with E-state index in [4.69, 9.17) is 10.3 Å². The highest BCUT2D eigenvalue weighted by Gasteiger charge is 2.15. The summed E-state index contributed by atoms with van der Waals surface area (Å²) in [7, 11) is 0. The van der Waals surface area contributed by atoms with Crippen molar-refractivity contribution < 1.29 is 9.21 Å². The number of benzene rings is 1. The lowest BCUT2D eigenvalue weighted by atomic mass is 10.2. The Morgan fingerprint density at radius 1 is 1.48 bits per heavy atom. The second-order valence-electron chi connectivity index (χ2n) is 4.43. The molecule has 5 nitrogen and oxygen atoms in total. The van der Waals surface area contributed by atoms with Gasteiger partial charge in [-0.1, -0.05) is 23.9 Å². The number of fused-ring (bicyclic) bond motifs is 1. The molecule has 0 fully saturated rings. The van der Waals surface area contributed by atoms with Gasteiger partial charge in [0, 0.05) is 5.56 Å². The molecule has 21 heavy (non-hydrogen) atoms. The number of furan rings is 1. The first kappa shape index (κ1) is 14.1. The molecular formula is C14H13N3O2S2. The zero-order valence-corrected chi connectivity index (χ0v) is 12.9. The number of thioether (sulfide) groups is 1. The molecule has 0 saturated heterocycles. The molecule has 0 unspecified atom stereocenters. The first-order valence-electron chi connectivity index (χ1n) is 6.26. The van der Waals surface area contributed by atoms with Crippen LogP contribution in [0.15, 0.2) is 39.1 Å². The van der Waals surface area contributed by atoms with Gasteiger partial charge in [-0.05, 0) is 25.1 Å². The molecule has 0 bridgehead atoms. The fourth-order valence-electron chi connectivity index (χ4n) is 1.96. The molecule has 108 valence electrons. The van der Waals surface area contributed by atoms with E-state index in [-0.39, 0.29) is 5.76 Å². The lowest BCUT2D eigenvalue weighted by molar-refractivity contribution is 0.0923. The van der Waals surface area contributed by atoms with Gasteiger partial charge in [-0.25, -0.2) is 10.8 Å². The summed E-state index contributed by atoms with van der Waals surface area (Å²) in [6.07, 6.45) is 0. The number of carbonyl (C=O) groups is 1. The second kappa shape index (κ2) is 5.88. The number of para-hydroxylation sites is 1. The van der Waals surface area contributed by atoms with Gasteiger partial charge in [0.15, 0.2) is 10.1 Å². The number of hydrazine groups is 1. The van der Waals surface area contributed by atoms with Crippen LogP contribution in [0.1, 0.15) is 21.9 Å². The van der Waals surface area contributed by atoms with Crippen molar-refractivity contribution in [3.63, 3.8) is 0 Å². The van der Waals surface area contributed by atoms with Gasteiger partial charge in [-0.2, -0.15) is 0 Å². The van der Waals surface area contributed by atoms with Crippen molar-refractivity contribution in [3.05, 3.63) is 47.4 Å². The Kier molecular flexibility index (Phi) is 3.96. The number of thiazole rings is 1. The minimum absolute atomic E-state index is 0.261. The van der Waals surface area contributed by atoms with Gasteiger partial charge in [0.05, 0.1) is 16.0 Å². The van der Waals surface area contributed by atoms with E-state index in [1.807, 2.05) is 31.2 Å². The van der Waals surface area contributed by atoms with E-state index < -0.39 is 5.91 Å². The van der Waals surface area contributed by atoms with E-state index in [9.17, 15) is 4.79 Å². The molecule has 3 N–H and O–H groups in total. The summed E-state index contributed by atoms with van der Waals surface area (Å²) in [5, 5.41) is 0. The van der Waals surface area contributed by atoms with Crippen LogP contribution in [0.5, 0.6) is 0 Å². The normalized spacial score (nSPS) is 11.0. The first-order valence-corrected chi connectivity index (χ1v) is 8.06. The van der Waals surface area contributed by atoms with E-state index in [2.05, 4.69) is 16.5 Å². The lowest BCUT2D eigenvalue weighted by Crippen LogP contribution is -2.30. The predicted molar refractivity (Wildman–Crippen MR) is 84.3 cm³/mol. The molecule has 3 aromatic rings. The van der Waals surface area contributed by atoms with Gasteiger partial charge in [0.1, 0.15) is 5.76 Å². The molecule has 0 atom stereocenters. The number of nitrogens with zero attached hydrogens (tertiary/aromatic N) is 1. The van der Waals surface area contributed by atoms with Gasteiger partial charge >= 0.3 is 5.91 Å². The Morgan fingerprint density at radius 2 is 2.29 bits per heavy atom. The number of hydrogen-bond acceptors (Lipinski definition) is 6. The number of carbonyl (C=O) groups excluding carboxylic acids is 1. The average Bonchev–Trinajstić information content (AvgIpc) is 3.07. The lowest BCUT2D eigenvalue weighted by Gasteiger charge is -1.96. The van der Waals surface area contributed by atoms with Crippen LogP contribution in [0.25, 0.3) is 10.2 Å². The second-order valence-corrected chi connectivity index (χ2v) is 6.69. The largest absolute Gasteiger partial charge is 0.455 e. The number of rotatable bonds is 4. The molecule has 1 amide bonds. The average molecular weight is 319 g/mol. The summed E-state index contributed by atoms with van der Waals surface area (Å²) in [5.41, 5.74) is 3.86. The van der Waals surface area contributed by atoms with Gasteiger partial charge in [0.2, 0.25) is 0 Å². The van der Waals surface area contributed by atoms with E-state index in [0.29, 0.717) is 5.75 Å². The SMILES string of the molecule is Cc1cc(CSc2nc3ccccc3s2)oc1C(=O)NN. The van der Waals surface area contributed by atoms with Crippen LogP contribution in [0, 0.1) is 6.92 Å². The zero-order chi connectivity index (χ0) is 14.8. The summed E-state index contributed by atoms with van der Waals surface area (Å²) in [4.78, 5) is 16.0. The highest BCUT2D eigenvalue weighted by atomic mass is 32.2. The fourth-order valence-corrected chi connectivity index (χ4v) is 3.91. The van der Waals surface area contributed by atoms with Crippen LogP contribution < -0.4 is 11.3 Å². The molecule has 7 heteroatoms. The standard InChI is InChI=1S/C14H13N3O2S2/c1-8-6-9(19-12(8)13(18)17-15)7-20-14-16-10-4-2-3-5-11(10)21-14/h2-6H,7,15H2,1H3,(H,17,18). The highest BCUT2D eigenvalue weighted by molar-refractivity contribution is 8.00. The van der Waals surface area contributed by atoms with Crippen LogP contribution in [0.3, 0.4) is 0 Å². The van der Waals surface area contributed by atoms with E-state index in [1.165, 1.54) is 4.70 Å². The molecule has 0 spiro atoms. The number of aromatic nitrogens is 1. The maximum absolute atomic E-state index is 11.5. The monoisotopic (exact) mass is 319 g/mol. The highest BCUT2D eigenvalue weighted by Crippen LogP contribution is 2.32. The van der Waals surface area contributed by atoms with Gasteiger partial charge in [0.25, 0.3) is 0 Å². The maximum Gasteiger partial charge on any atom is 0.301 e. The zero-order valence-electron chi connectivity index (χ0n) is 11.3. The van der Waals surface area contributed by atoms with Crippen LogP contribution >= 0.6 is 23.1 Å². The summed E-state index contributed by atoms with van der Waals surface area (Å²) >= 11 is 3.24. The number of nitrogen functional groups attached to an aromatic ring is 1. The van der Waals surface area contributed by atoms with Crippen molar-refractivity contribution in [2.75, 3.05) is 0 Å². The summed E-state index contributed by atoms with van der Waals surface area (Å²) in [6.45, 7) is 1.82. The summed E-state index contributed by atoms with van der Waals surface area (Å²) in [5.74, 6) is 6.32. The van der Waals surface area contributed by atoms with E-state index in [1.54, 1.807) is 23.1 Å². The maximum atomic E-state index is 11.5. The smallest absolute Gasteiger partial charge is 0.301 e. The quantitative estimate of drug-likeness (QED) is 0.334. The Balaban J connectivity index is 1.74. The number of nitrogens with one attached hydrogen (secondary N) is 1. The molecule has 3 rings (SSSR count). The Labute approximate surface area is 129 Å². The van der Waals surface area contributed by atoms with Crippen molar-refractivity contribution in [2.24, 2.45) is 5.84 Å². The molecule has 2 aromatic heterocycles. The first-order chi connectivity index (χ1) is 10.2. The van der Waals surface area contributed by atoms with Crippen LogP contribution in [-0.4, -0.2) is 10.9 Å². The van der Waals surface area contributed by atoms with E-state index in [0.717, 1.165) is 21.2 Å². The third-order valence-electron chi connectivity index (χ3n) is 2.92. The molecule has 0 radical (unpaired) electrons.